The molecule has 0 spiro atoms. The Hall–Kier alpha value is -1.31. The molecule has 0 radical (unpaired) electrons. The van der Waals surface area contributed by atoms with Gasteiger partial charge in [-0.15, -0.1) is 0 Å². The van der Waals surface area contributed by atoms with Gasteiger partial charge >= 0.3 is 0 Å². The molecule has 20 heavy (non-hydrogen) atoms. The molecule has 0 bridgehead atoms. The van der Waals surface area contributed by atoms with Gasteiger partial charge in [-0.1, -0.05) is 32.3 Å². The second-order valence-electron chi connectivity index (χ2n) is 6.49. The molecule has 0 amide bonds. The summed E-state index contributed by atoms with van der Waals surface area (Å²) in [6, 6.07) is 4.43. The molecule has 0 unspecified atom stereocenters. The van der Waals surface area contributed by atoms with Crippen LogP contribution in [0.15, 0.2) is 18.7 Å². The molecule has 1 saturated heterocycles. The van der Waals surface area contributed by atoms with Crippen LogP contribution >= 0.6 is 0 Å². The van der Waals surface area contributed by atoms with Crippen molar-refractivity contribution in [1.29, 1.82) is 0 Å². The number of hydrogen-bond donors (Lipinski definition) is 0. The molecule has 1 aromatic heterocycles. The predicted octanol–water partition coefficient (Wildman–Crippen LogP) is 4.45. The highest BCUT2D eigenvalue weighted by molar-refractivity contribution is 5.65. The zero-order valence-electron chi connectivity index (χ0n) is 12.7. The van der Waals surface area contributed by atoms with Gasteiger partial charge in [-0.2, -0.15) is 0 Å². The van der Waals surface area contributed by atoms with Crippen molar-refractivity contribution in [2.24, 2.45) is 5.92 Å². The van der Waals surface area contributed by atoms with Crippen molar-refractivity contribution in [3.05, 3.63) is 30.0 Å². The monoisotopic (exact) mass is 270 g/mol. The van der Waals surface area contributed by atoms with Crippen LogP contribution in [0, 0.1) is 5.92 Å². The lowest BCUT2D eigenvalue weighted by Crippen LogP contribution is -2.20. The van der Waals surface area contributed by atoms with Gasteiger partial charge in [0.15, 0.2) is 0 Å². The Morgan fingerprint density at radius 1 is 1.20 bits per heavy atom. The number of allylic oxidation sites excluding steroid dienone is 1. The normalized spacial score (nSPS) is 19.8. The fourth-order valence-corrected chi connectivity index (χ4v) is 3.64. The van der Waals surface area contributed by atoms with Crippen LogP contribution in [0.25, 0.3) is 5.57 Å². The molecular formula is C18H26N2. The van der Waals surface area contributed by atoms with Crippen LogP contribution in [-0.4, -0.2) is 18.1 Å². The zero-order chi connectivity index (χ0) is 13.9. The Balaban J connectivity index is 1.85. The van der Waals surface area contributed by atoms with Gasteiger partial charge in [0.2, 0.25) is 0 Å². The molecule has 0 atom stereocenters. The van der Waals surface area contributed by atoms with E-state index in [0.29, 0.717) is 0 Å². The van der Waals surface area contributed by atoms with E-state index in [1.807, 2.05) is 0 Å². The minimum absolute atomic E-state index is 0.842. The topological polar surface area (TPSA) is 16.1 Å². The molecule has 1 saturated carbocycles. The van der Waals surface area contributed by atoms with Crippen LogP contribution in [-0.2, 0) is 6.42 Å². The zero-order valence-corrected chi connectivity index (χ0v) is 12.7. The lowest BCUT2D eigenvalue weighted by Gasteiger charge is -2.20. The molecule has 1 aromatic rings. The Labute approximate surface area is 122 Å². The number of pyridine rings is 1. The molecule has 1 aliphatic carbocycles. The number of aromatic nitrogens is 1. The highest BCUT2D eigenvalue weighted by Gasteiger charge is 2.20. The largest absolute Gasteiger partial charge is 0.357 e. The number of hydrogen-bond acceptors (Lipinski definition) is 2. The molecule has 108 valence electrons. The molecule has 2 heterocycles. The van der Waals surface area contributed by atoms with Crippen LogP contribution in [0.5, 0.6) is 0 Å². The van der Waals surface area contributed by atoms with Crippen molar-refractivity contribution in [3.8, 4) is 0 Å². The molecule has 2 heteroatoms. The lowest BCUT2D eigenvalue weighted by molar-refractivity contribution is 0.538. The Bertz CT molecular complexity index is 480. The first-order valence-corrected chi connectivity index (χ1v) is 8.15. The fourth-order valence-electron chi connectivity index (χ4n) is 3.64. The fraction of sp³-hybridized carbons (Fsp3) is 0.611. The van der Waals surface area contributed by atoms with Crippen LogP contribution in [0.2, 0.25) is 0 Å². The average molecular weight is 270 g/mol. The van der Waals surface area contributed by atoms with Crippen LogP contribution in [0.4, 0.5) is 5.82 Å². The maximum atomic E-state index is 5.00. The third-order valence-electron chi connectivity index (χ3n) is 4.81. The number of rotatable bonds is 4. The van der Waals surface area contributed by atoms with Crippen molar-refractivity contribution < 1.29 is 0 Å². The Morgan fingerprint density at radius 2 is 1.90 bits per heavy atom. The maximum Gasteiger partial charge on any atom is 0.128 e. The van der Waals surface area contributed by atoms with Gasteiger partial charge in [0, 0.05) is 13.1 Å². The minimum atomic E-state index is 0.842. The summed E-state index contributed by atoms with van der Waals surface area (Å²) in [5, 5.41) is 0. The highest BCUT2D eigenvalue weighted by atomic mass is 15.2. The first-order chi connectivity index (χ1) is 9.74. The second-order valence-corrected chi connectivity index (χ2v) is 6.49. The standard InChI is InChI=1S/C18H26N2/c1-14(2)16-9-10-18(20-11-5-6-12-20)19-17(16)13-15-7-3-4-8-15/h9-10,15H,1,3-8,11-13H2,2H3. The first kappa shape index (κ1) is 13.7. The van der Waals surface area contributed by atoms with Gasteiger partial charge in [-0.25, -0.2) is 4.98 Å². The van der Waals surface area contributed by atoms with E-state index in [0.717, 1.165) is 17.9 Å². The van der Waals surface area contributed by atoms with Crippen molar-refractivity contribution in [2.45, 2.75) is 51.9 Å². The molecule has 0 N–H and O–H groups in total. The van der Waals surface area contributed by atoms with Crippen LogP contribution < -0.4 is 4.90 Å². The van der Waals surface area contributed by atoms with E-state index < -0.39 is 0 Å². The van der Waals surface area contributed by atoms with E-state index in [1.165, 1.54) is 68.7 Å². The number of nitrogens with zero attached hydrogens (tertiary/aromatic N) is 2. The first-order valence-electron chi connectivity index (χ1n) is 8.15. The summed E-state index contributed by atoms with van der Waals surface area (Å²) in [6.07, 6.45) is 9.32. The third-order valence-corrected chi connectivity index (χ3v) is 4.81. The van der Waals surface area contributed by atoms with Gasteiger partial charge in [-0.05, 0) is 55.4 Å². The molecule has 2 nitrogen and oxygen atoms in total. The van der Waals surface area contributed by atoms with E-state index in [9.17, 15) is 0 Å². The molecular weight excluding hydrogens is 244 g/mol. The van der Waals surface area contributed by atoms with E-state index in [1.54, 1.807) is 0 Å². The molecule has 2 aliphatic rings. The Kier molecular flexibility index (Phi) is 4.09. The van der Waals surface area contributed by atoms with E-state index in [2.05, 4.69) is 30.5 Å². The SMILES string of the molecule is C=C(C)c1ccc(N2CCCC2)nc1CC1CCCC1. The van der Waals surface area contributed by atoms with Crippen LogP contribution in [0.1, 0.15) is 56.7 Å². The van der Waals surface area contributed by atoms with Gasteiger partial charge in [0.05, 0.1) is 5.69 Å². The summed E-state index contributed by atoms with van der Waals surface area (Å²) in [5.74, 6) is 2.02. The summed E-state index contributed by atoms with van der Waals surface area (Å²) in [7, 11) is 0. The minimum Gasteiger partial charge on any atom is -0.357 e. The molecule has 2 fully saturated rings. The molecule has 3 rings (SSSR count). The van der Waals surface area contributed by atoms with Gasteiger partial charge in [0.25, 0.3) is 0 Å². The van der Waals surface area contributed by atoms with Crippen molar-refractivity contribution in [1.82, 2.24) is 4.98 Å². The van der Waals surface area contributed by atoms with Gasteiger partial charge < -0.3 is 4.90 Å². The summed E-state index contributed by atoms with van der Waals surface area (Å²) >= 11 is 0. The quantitative estimate of drug-likeness (QED) is 0.803. The van der Waals surface area contributed by atoms with Gasteiger partial charge in [-0.3, -0.25) is 0 Å². The molecule has 1 aliphatic heterocycles. The molecule has 0 aromatic carbocycles. The summed E-state index contributed by atoms with van der Waals surface area (Å²) in [5.41, 5.74) is 3.71. The van der Waals surface area contributed by atoms with Crippen molar-refractivity contribution in [2.75, 3.05) is 18.0 Å². The van der Waals surface area contributed by atoms with E-state index in [-0.39, 0.29) is 0 Å². The summed E-state index contributed by atoms with van der Waals surface area (Å²) < 4.78 is 0. The predicted molar refractivity (Wildman–Crippen MR) is 86.1 cm³/mol. The smallest absolute Gasteiger partial charge is 0.128 e. The summed E-state index contributed by atoms with van der Waals surface area (Å²) in [4.78, 5) is 7.44. The van der Waals surface area contributed by atoms with E-state index >= 15 is 0 Å². The summed E-state index contributed by atoms with van der Waals surface area (Å²) in [6.45, 7) is 8.57. The maximum absolute atomic E-state index is 5.00. The Morgan fingerprint density at radius 3 is 2.55 bits per heavy atom. The number of anilines is 1. The van der Waals surface area contributed by atoms with Crippen molar-refractivity contribution >= 4 is 11.4 Å². The van der Waals surface area contributed by atoms with E-state index in [4.69, 9.17) is 4.98 Å². The average Bonchev–Trinajstić information content (AvgIpc) is 3.11. The highest BCUT2D eigenvalue weighted by Crippen LogP contribution is 2.31. The lowest BCUT2D eigenvalue weighted by atomic mass is 9.96. The second kappa shape index (κ2) is 5.99. The van der Waals surface area contributed by atoms with Crippen LogP contribution in [0.3, 0.4) is 0 Å². The van der Waals surface area contributed by atoms with Crippen molar-refractivity contribution in [3.63, 3.8) is 0 Å². The third kappa shape index (κ3) is 2.89. The van der Waals surface area contributed by atoms with Gasteiger partial charge in [0.1, 0.15) is 5.82 Å².